The number of hydrogen-bond donors (Lipinski definition) is 1. The number of likely N-dealkylation sites (tertiary alicyclic amines) is 1. The maximum atomic E-state index is 13.2. The molecule has 2 aromatic rings. The number of carbonyl (C=O) groups excluding carboxylic acids is 2. The zero-order valence-electron chi connectivity index (χ0n) is 16.7. The summed E-state index contributed by atoms with van der Waals surface area (Å²) in [5.74, 6) is -0.391. The van der Waals surface area contributed by atoms with Gasteiger partial charge in [-0.25, -0.2) is 0 Å². The molecule has 0 radical (unpaired) electrons. The molecule has 3 rings (SSSR count). The molecule has 0 aliphatic carbocycles. The molecule has 0 unspecified atom stereocenters. The molecule has 1 saturated heterocycles. The first-order chi connectivity index (χ1) is 14.2. The Hall–Kier alpha value is -3.03. The molecule has 2 aromatic carbocycles. The second-order valence-electron chi connectivity index (χ2n) is 7.38. The van der Waals surface area contributed by atoms with Crippen LogP contribution in [0.25, 0.3) is 0 Å². The van der Waals surface area contributed by atoms with Gasteiger partial charge < -0.3 is 15.1 Å². The lowest BCUT2D eigenvalue weighted by atomic mass is 10.0. The fourth-order valence-corrected chi connectivity index (χ4v) is 3.51. The number of anilines is 1. The van der Waals surface area contributed by atoms with Crippen molar-refractivity contribution in [3.63, 3.8) is 0 Å². The van der Waals surface area contributed by atoms with E-state index in [4.69, 9.17) is 0 Å². The van der Waals surface area contributed by atoms with Gasteiger partial charge in [0.15, 0.2) is 0 Å². The van der Waals surface area contributed by atoms with E-state index in [2.05, 4.69) is 5.32 Å². The highest BCUT2D eigenvalue weighted by Crippen LogP contribution is 2.31. The highest BCUT2D eigenvalue weighted by molar-refractivity contribution is 5.82. The number of alkyl halides is 3. The molecule has 1 aliphatic rings. The summed E-state index contributed by atoms with van der Waals surface area (Å²) >= 11 is 0. The van der Waals surface area contributed by atoms with Gasteiger partial charge in [0.2, 0.25) is 11.8 Å². The van der Waals surface area contributed by atoms with Crippen molar-refractivity contribution in [3.05, 3.63) is 65.7 Å². The predicted octanol–water partition coefficient (Wildman–Crippen LogP) is 3.62. The van der Waals surface area contributed by atoms with Crippen LogP contribution in [0.1, 0.15) is 30.0 Å². The molecule has 0 bridgehead atoms. The average Bonchev–Trinajstić information content (AvgIpc) is 3.12. The van der Waals surface area contributed by atoms with Crippen LogP contribution in [0.15, 0.2) is 54.6 Å². The van der Waals surface area contributed by atoms with Gasteiger partial charge in [0.25, 0.3) is 0 Å². The molecule has 0 saturated carbocycles. The van der Waals surface area contributed by atoms with Crippen molar-refractivity contribution < 1.29 is 22.8 Å². The fourth-order valence-electron chi connectivity index (χ4n) is 3.51. The first kappa shape index (κ1) is 21.7. The summed E-state index contributed by atoms with van der Waals surface area (Å²) in [6.45, 7) is 0.711. The lowest BCUT2D eigenvalue weighted by Crippen LogP contribution is -2.42. The summed E-state index contributed by atoms with van der Waals surface area (Å²) in [5.41, 5.74) is 0.381. The van der Waals surface area contributed by atoms with E-state index in [-0.39, 0.29) is 24.9 Å². The fraction of sp³-hybridized carbons (Fsp3) is 0.364. The van der Waals surface area contributed by atoms with E-state index < -0.39 is 17.8 Å². The number of benzene rings is 2. The van der Waals surface area contributed by atoms with Gasteiger partial charge in [-0.15, -0.1) is 0 Å². The lowest BCUT2D eigenvalue weighted by molar-refractivity contribution is -0.137. The summed E-state index contributed by atoms with van der Waals surface area (Å²) < 4.78 is 39.5. The molecule has 160 valence electrons. The van der Waals surface area contributed by atoms with Crippen LogP contribution in [0, 0.1) is 0 Å². The van der Waals surface area contributed by atoms with Crippen LogP contribution >= 0.6 is 0 Å². The van der Waals surface area contributed by atoms with Crippen LogP contribution in [0.2, 0.25) is 0 Å². The quantitative estimate of drug-likeness (QED) is 0.746. The van der Waals surface area contributed by atoms with Crippen molar-refractivity contribution in [2.75, 3.05) is 31.6 Å². The molecule has 1 fully saturated rings. The minimum Gasteiger partial charge on any atom is -0.365 e. The average molecular weight is 419 g/mol. The van der Waals surface area contributed by atoms with Gasteiger partial charge in [-0.2, -0.15) is 13.2 Å². The van der Waals surface area contributed by atoms with Crippen LogP contribution < -0.4 is 10.2 Å². The number of nitrogens with zero attached hydrogens (tertiary/aromatic N) is 2. The summed E-state index contributed by atoms with van der Waals surface area (Å²) in [4.78, 5) is 28.0. The Labute approximate surface area is 173 Å². The van der Waals surface area contributed by atoms with Gasteiger partial charge in [0.05, 0.1) is 18.2 Å². The highest BCUT2D eigenvalue weighted by Gasteiger charge is 2.32. The summed E-state index contributed by atoms with van der Waals surface area (Å²) in [6, 6.07) is 13.5. The van der Waals surface area contributed by atoms with E-state index in [0.717, 1.165) is 17.8 Å². The number of likely N-dealkylation sites (N-methyl/N-ethyl adjacent to an activating group) is 1. The lowest BCUT2D eigenvalue weighted by Gasteiger charge is -2.27. The molecule has 2 amide bonds. The van der Waals surface area contributed by atoms with Crippen molar-refractivity contribution >= 4 is 17.5 Å². The Balaban J connectivity index is 1.77. The smallest absolute Gasteiger partial charge is 0.365 e. The molecule has 1 atom stereocenters. The third-order valence-electron chi connectivity index (χ3n) is 5.10. The molecule has 1 heterocycles. The minimum atomic E-state index is -4.48. The van der Waals surface area contributed by atoms with E-state index in [9.17, 15) is 22.8 Å². The molecule has 30 heavy (non-hydrogen) atoms. The third-order valence-corrected chi connectivity index (χ3v) is 5.10. The second-order valence-corrected chi connectivity index (χ2v) is 7.38. The molecule has 5 nitrogen and oxygen atoms in total. The van der Waals surface area contributed by atoms with Gasteiger partial charge in [-0.3, -0.25) is 9.59 Å². The number of carbonyl (C=O) groups is 2. The number of amides is 2. The SMILES string of the molecule is CN(CC(=O)N[C@H](CN1CCCC1=O)c1cccc(C(F)(F)F)c1)c1ccccc1. The Bertz CT molecular complexity index is 887. The zero-order chi connectivity index (χ0) is 21.7. The number of para-hydroxylation sites is 1. The van der Waals surface area contributed by atoms with Crippen LogP contribution in [-0.4, -0.2) is 43.4 Å². The van der Waals surface area contributed by atoms with E-state index in [1.807, 2.05) is 30.3 Å². The van der Waals surface area contributed by atoms with Crippen LogP contribution in [0.5, 0.6) is 0 Å². The van der Waals surface area contributed by atoms with Crippen molar-refractivity contribution in [1.82, 2.24) is 10.2 Å². The Kier molecular flexibility index (Phi) is 6.64. The maximum absolute atomic E-state index is 13.2. The second kappa shape index (κ2) is 9.19. The number of halogens is 3. The van der Waals surface area contributed by atoms with Crippen LogP contribution in [-0.2, 0) is 15.8 Å². The predicted molar refractivity (Wildman–Crippen MR) is 108 cm³/mol. The molecule has 0 aromatic heterocycles. The Morgan fingerprint density at radius 3 is 2.53 bits per heavy atom. The topological polar surface area (TPSA) is 52.7 Å². The van der Waals surface area contributed by atoms with E-state index >= 15 is 0 Å². The molecular formula is C22H24F3N3O2. The van der Waals surface area contributed by atoms with Gasteiger partial charge in [0.1, 0.15) is 0 Å². The zero-order valence-corrected chi connectivity index (χ0v) is 16.7. The number of rotatable bonds is 7. The molecular weight excluding hydrogens is 395 g/mol. The third kappa shape index (κ3) is 5.52. The van der Waals surface area contributed by atoms with Crippen molar-refractivity contribution in [3.8, 4) is 0 Å². The monoisotopic (exact) mass is 419 g/mol. The van der Waals surface area contributed by atoms with Crippen molar-refractivity contribution in [1.29, 1.82) is 0 Å². The van der Waals surface area contributed by atoms with E-state index in [1.165, 1.54) is 6.07 Å². The number of hydrogen-bond acceptors (Lipinski definition) is 3. The normalized spacial score (nSPS) is 15.2. The van der Waals surface area contributed by atoms with E-state index in [1.54, 1.807) is 22.9 Å². The van der Waals surface area contributed by atoms with Crippen molar-refractivity contribution in [2.24, 2.45) is 0 Å². The maximum Gasteiger partial charge on any atom is 0.416 e. The molecule has 1 aliphatic heterocycles. The first-order valence-corrected chi connectivity index (χ1v) is 9.74. The van der Waals surface area contributed by atoms with E-state index in [0.29, 0.717) is 24.9 Å². The van der Waals surface area contributed by atoms with Gasteiger partial charge in [-0.1, -0.05) is 30.3 Å². The highest BCUT2D eigenvalue weighted by atomic mass is 19.4. The van der Waals surface area contributed by atoms with Crippen LogP contribution in [0.3, 0.4) is 0 Å². The van der Waals surface area contributed by atoms with Gasteiger partial charge in [0, 0.05) is 32.2 Å². The largest absolute Gasteiger partial charge is 0.416 e. The molecule has 0 spiro atoms. The first-order valence-electron chi connectivity index (χ1n) is 9.74. The van der Waals surface area contributed by atoms with Gasteiger partial charge >= 0.3 is 6.18 Å². The summed E-state index contributed by atoms with van der Waals surface area (Å²) in [7, 11) is 1.76. The Morgan fingerprint density at radius 2 is 1.90 bits per heavy atom. The van der Waals surface area contributed by atoms with Crippen LogP contribution in [0.4, 0.5) is 18.9 Å². The summed E-state index contributed by atoms with van der Waals surface area (Å²) in [5, 5.41) is 2.82. The van der Waals surface area contributed by atoms with Crippen molar-refractivity contribution in [2.45, 2.75) is 25.1 Å². The standard InChI is InChI=1S/C22H24F3N3O2/c1-27(18-9-3-2-4-10-18)15-20(29)26-19(14-28-12-6-11-21(28)30)16-7-5-8-17(13-16)22(23,24)25/h2-5,7-10,13,19H,6,11-12,14-15H2,1H3,(H,26,29)/t19-/m1/s1. The Morgan fingerprint density at radius 1 is 1.17 bits per heavy atom. The molecule has 8 heteroatoms. The minimum absolute atomic E-state index is 0.0351. The molecule has 1 N–H and O–H groups in total. The summed E-state index contributed by atoms with van der Waals surface area (Å²) in [6.07, 6.45) is -3.36. The number of nitrogens with one attached hydrogen (secondary N) is 1. The van der Waals surface area contributed by atoms with Gasteiger partial charge in [-0.05, 0) is 36.2 Å².